The highest BCUT2D eigenvalue weighted by molar-refractivity contribution is 5.32. The Labute approximate surface area is 110 Å². The number of hydrogen-bond acceptors (Lipinski definition) is 3. The molecule has 0 aliphatic carbocycles. The maximum absolute atomic E-state index is 8.90. The van der Waals surface area contributed by atoms with E-state index in [9.17, 15) is 0 Å². The van der Waals surface area contributed by atoms with E-state index in [4.69, 9.17) is 11.0 Å². The van der Waals surface area contributed by atoms with Crippen molar-refractivity contribution in [3.63, 3.8) is 0 Å². The van der Waals surface area contributed by atoms with E-state index in [0.717, 1.165) is 25.2 Å². The molecule has 0 unspecified atom stereocenters. The lowest BCUT2D eigenvalue weighted by atomic mass is 9.93. The Hall–Kier alpha value is -1.37. The van der Waals surface area contributed by atoms with Crippen molar-refractivity contribution in [1.29, 1.82) is 5.26 Å². The van der Waals surface area contributed by atoms with Gasteiger partial charge in [0.15, 0.2) is 0 Å². The second kappa shape index (κ2) is 6.53. The molecule has 0 amide bonds. The predicted octanol–water partition coefficient (Wildman–Crippen LogP) is 2.37. The van der Waals surface area contributed by atoms with Crippen molar-refractivity contribution in [3.8, 4) is 6.07 Å². The molecule has 98 valence electrons. The smallest absolute Gasteiger partial charge is 0.0991 e. The van der Waals surface area contributed by atoms with Crippen LogP contribution in [0.1, 0.15) is 31.9 Å². The van der Waals surface area contributed by atoms with Gasteiger partial charge in [0.2, 0.25) is 0 Å². The standard InChI is InChI=1S/C15H23N3/c1-4-18(12-15(2,3)11-17)10-14-7-5-6-13(8-14)9-16/h5-8H,4,10-12,17H2,1-3H3. The third kappa shape index (κ3) is 4.48. The zero-order valence-electron chi connectivity index (χ0n) is 11.6. The van der Waals surface area contributed by atoms with Crippen LogP contribution in [-0.2, 0) is 6.54 Å². The van der Waals surface area contributed by atoms with E-state index < -0.39 is 0 Å². The molecule has 18 heavy (non-hydrogen) atoms. The van der Waals surface area contributed by atoms with Gasteiger partial charge in [-0.15, -0.1) is 0 Å². The van der Waals surface area contributed by atoms with Crippen LogP contribution in [0.4, 0.5) is 0 Å². The highest BCUT2D eigenvalue weighted by Crippen LogP contribution is 2.17. The highest BCUT2D eigenvalue weighted by Gasteiger charge is 2.19. The van der Waals surface area contributed by atoms with Crippen LogP contribution in [0.25, 0.3) is 0 Å². The molecule has 3 nitrogen and oxygen atoms in total. The van der Waals surface area contributed by atoms with Crippen LogP contribution in [0.15, 0.2) is 24.3 Å². The molecule has 0 spiro atoms. The normalized spacial score (nSPS) is 11.6. The Balaban J connectivity index is 2.71. The van der Waals surface area contributed by atoms with Crippen LogP contribution in [0, 0.1) is 16.7 Å². The van der Waals surface area contributed by atoms with Crippen LogP contribution < -0.4 is 5.73 Å². The van der Waals surface area contributed by atoms with Crippen LogP contribution in [-0.4, -0.2) is 24.5 Å². The van der Waals surface area contributed by atoms with Gasteiger partial charge in [0.05, 0.1) is 11.6 Å². The van der Waals surface area contributed by atoms with Crippen molar-refractivity contribution in [2.24, 2.45) is 11.1 Å². The molecule has 0 radical (unpaired) electrons. The van der Waals surface area contributed by atoms with Crippen molar-refractivity contribution < 1.29 is 0 Å². The van der Waals surface area contributed by atoms with Gasteiger partial charge >= 0.3 is 0 Å². The number of nitrogens with two attached hydrogens (primary N) is 1. The lowest BCUT2D eigenvalue weighted by Crippen LogP contribution is -2.38. The number of nitriles is 1. The summed E-state index contributed by atoms with van der Waals surface area (Å²) >= 11 is 0. The van der Waals surface area contributed by atoms with Crippen LogP contribution >= 0.6 is 0 Å². The second-order valence-corrected chi connectivity index (χ2v) is 5.48. The van der Waals surface area contributed by atoms with E-state index in [0.29, 0.717) is 6.54 Å². The molecule has 0 fully saturated rings. The average Bonchev–Trinajstić information content (AvgIpc) is 2.38. The quantitative estimate of drug-likeness (QED) is 0.837. The second-order valence-electron chi connectivity index (χ2n) is 5.48. The summed E-state index contributed by atoms with van der Waals surface area (Å²) < 4.78 is 0. The average molecular weight is 245 g/mol. The van der Waals surface area contributed by atoms with Gasteiger partial charge in [-0.1, -0.05) is 32.9 Å². The first-order valence-electron chi connectivity index (χ1n) is 6.42. The van der Waals surface area contributed by atoms with E-state index in [1.165, 1.54) is 5.56 Å². The topological polar surface area (TPSA) is 53.0 Å². The minimum atomic E-state index is 0.128. The fourth-order valence-corrected chi connectivity index (χ4v) is 1.95. The van der Waals surface area contributed by atoms with Crippen LogP contribution in [0.5, 0.6) is 0 Å². The van der Waals surface area contributed by atoms with Gasteiger partial charge in [-0.25, -0.2) is 0 Å². The van der Waals surface area contributed by atoms with Crippen molar-refractivity contribution in [2.45, 2.75) is 27.3 Å². The van der Waals surface area contributed by atoms with Crippen molar-refractivity contribution in [3.05, 3.63) is 35.4 Å². The molecule has 1 rings (SSSR count). The van der Waals surface area contributed by atoms with Gasteiger partial charge in [-0.2, -0.15) is 5.26 Å². The molecule has 1 aromatic rings. The van der Waals surface area contributed by atoms with Crippen molar-refractivity contribution in [2.75, 3.05) is 19.6 Å². The summed E-state index contributed by atoms with van der Waals surface area (Å²) in [6.45, 7) is 10.0. The van der Waals surface area contributed by atoms with Gasteiger partial charge < -0.3 is 5.73 Å². The zero-order valence-corrected chi connectivity index (χ0v) is 11.6. The SMILES string of the molecule is CCN(Cc1cccc(C#N)c1)CC(C)(C)CN. The molecular formula is C15H23N3. The number of hydrogen-bond donors (Lipinski definition) is 1. The predicted molar refractivity (Wildman–Crippen MR) is 74.9 cm³/mol. The van der Waals surface area contributed by atoms with E-state index in [2.05, 4.69) is 37.8 Å². The number of nitrogens with zero attached hydrogens (tertiary/aromatic N) is 2. The first kappa shape index (κ1) is 14.7. The Morgan fingerprint density at radius 3 is 2.67 bits per heavy atom. The van der Waals surface area contributed by atoms with Gasteiger partial charge in [0, 0.05) is 13.1 Å². The van der Waals surface area contributed by atoms with Crippen LogP contribution in [0.3, 0.4) is 0 Å². The molecule has 0 atom stereocenters. The molecule has 0 bridgehead atoms. The van der Waals surface area contributed by atoms with Gasteiger partial charge in [0.25, 0.3) is 0 Å². The number of rotatable bonds is 6. The molecule has 0 saturated heterocycles. The molecule has 0 heterocycles. The molecule has 0 aromatic heterocycles. The summed E-state index contributed by atoms with van der Waals surface area (Å²) in [4.78, 5) is 2.36. The Morgan fingerprint density at radius 1 is 1.39 bits per heavy atom. The minimum Gasteiger partial charge on any atom is -0.330 e. The Kier molecular flexibility index (Phi) is 5.33. The maximum atomic E-state index is 8.90. The summed E-state index contributed by atoms with van der Waals surface area (Å²) in [5, 5.41) is 8.90. The summed E-state index contributed by atoms with van der Waals surface area (Å²) in [5.74, 6) is 0. The van der Waals surface area contributed by atoms with Crippen molar-refractivity contribution >= 4 is 0 Å². The Morgan fingerprint density at radius 2 is 2.11 bits per heavy atom. The molecule has 3 heteroatoms. The van der Waals surface area contributed by atoms with E-state index >= 15 is 0 Å². The van der Waals surface area contributed by atoms with Gasteiger partial charge in [-0.3, -0.25) is 4.90 Å². The van der Waals surface area contributed by atoms with E-state index in [1.54, 1.807) is 0 Å². The monoisotopic (exact) mass is 245 g/mol. The summed E-state index contributed by atoms with van der Waals surface area (Å²) in [6.07, 6.45) is 0. The summed E-state index contributed by atoms with van der Waals surface area (Å²) in [7, 11) is 0. The zero-order chi connectivity index (χ0) is 13.6. The largest absolute Gasteiger partial charge is 0.330 e. The van der Waals surface area contributed by atoms with Gasteiger partial charge in [-0.05, 0) is 36.2 Å². The molecule has 0 saturated carbocycles. The van der Waals surface area contributed by atoms with Crippen molar-refractivity contribution in [1.82, 2.24) is 4.90 Å². The number of benzene rings is 1. The van der Waals surface area contributed by atoms with Crippen LogP contribution in [0.2, 0.25) is 0 Å². The molecule has 0 aliphatic rings. The first-order valence-corrected chi connectivity index (χ1v) is 6.42. The van der Waals surface area contributed by atoms with E-state index in [-0.39, 0.29) is 5.41 Å². The first-order chi connectivity index (χ1) is 8.50. The minimum absolute atomic E-state index is 0.128. The maximum Gasteiger partial charge on any atom is 0.0991 e. The molecule has 2 N–H and O–H groups in total. The Bertz CT molecular complexity index is 418. The molecule has 0 aliphatic heterocycles. The summed E-state index contributed by atoms with van der Waals surface area (Å²) in [6, 6.07) is 9.98. The highest BCUT2D eigenvalue weighted by atomic mass is 15.1. The molecule has 1 aromatic carbocycles. The summed E-state index contributed by atoms with van der Waals surface area (Å²) in [5.41, 5.74) is 7.81. The van der Waals surface area contributed by atoms with E-state index in [1.807, 2.05) is 18.2 Å². The van der Waals surface area contributed by atoms with Gasteiger partial charge in [0.1, 0.15) is 0 Å². The fraction of sp³-hybridized carbons (Fsp3) is 0.533. The molecular weight excluding hydrogens is 222 g/mol. The fourth-order valence-electron chi connectivity index (χ4n) is 1.95. The third-order valence-electron chi connectivity index (χ3n) is 3.11. The lowest BCUT2D eigenvalue weighted by molar-refractivity contribution is 0.183. The lowest BCUT2D eigenvalue weighted by Gasteiger charge is -2.31. The third-order valence-corrected chi connectivity index (χ3v) is 3.11.